The van der Waals surface area contributed by atoms with E-state index in [0.717, 1.165) is 6.07 Å². The van der Waals surface area contributed by atoms with Crippen molar-refractivity contribution in [1.82, 2.24) is 15.3 Å². The number of aromatic amines is 1. The van der Waals surface area contributed by atoms with Crippen LogP contribution in [-0.4, -0.2) is 22.5 Å². The fraction of sp³-hybridized carbons (Fsp3) is 0.167. The molecule has 4 N–H and O–H groups in total. The molecule has 0 bridgehead atoms. The summed E-state index contributed by atoms with van der Waals surface area (Å²) in [4.78, 5) is 21.4. The lowest BCUT2D eigenvalue weighted by atomic mass is 9.88. The average Bonchev–Trinajstić information content (AvgIpc) is 3.44. The normalized spacial score (nSPS) is 17.0. The van der Waals surface area contributed by atoms with Gasteiger partial charge in [-0.2, -0.15) is 13.2 Å². The predicted molar refractivity (Wildman–Crippen MR) is 124 cm³/mol. The standard InChI is InChI=1S/C24H15ClF5N5O/c25-14-2-1-10(26)7-12(14)19-18-13(8-16(31)11-3-4-35(21(11)18)23(36)34-19)22-32-17-6-9(24(28,29)30)5-15(27)20(17)33-22/h1-2,5-8,19H,3-4,31H2,(H,32,33)(H,34,36). The van der Waals surface area contributed by atoms with Gasteiger partial charge in [0.15, 0.2) is 5.82 Å². The predicted octanol–water partition coefficient (Wildman–Crippen LogP) is 5.94. The number of hydrogen-bond donors (Lipinski definition) is 3. The lowest BCUT2D eigenvalue weighted by Gasteiger charge is -2.35. The van der Waals surface area contributed by atoms with Crippen LogP contribution in [0.15, 0.2) is 36.4 Å². The molecule has 0 aliphatic carbocycles. The summed E-state index contributed by atoms with van der Waals surface area (Å²) >= 11 is 6.37. The van der Waals surface area contributed by atoms with E-state index in [0.29, 0.717) is 47.1 Å². The number of imidazole rings is 1. The van der Waals surface area contributed by atoms with Crippen LogP contribution in [0, 0.1) is 11.6 Å². The van der Waals surface area contributed by atoms with Crippen molar-refractivity contribution in [3.63, 3.8) is 0 Å². The number of nitrogen functional groups attached to an aromatic ring is 1. The molecule has 1 unspecified atom stereocenters. The van der Waals surface area contributed by atoms with E-state index in [1.807, 2.05) is 0 Å². The lowest BCUT2D eigenvalue weighted by molar-refractivity contribution is -0.137. The van der Waals surface area contributed by atoms with Gasteiger partial charge in [0, 0.05) is 39.5 Å². The molecule has 3 aromatic carbocycles. The topological polar surface area (TPSA) is 87.0 Å². The van der Waals surface area contributed by atoms with Gasteiger partial charge in [0.2, 0.25) is 0 Å². The number of aromatic nitrogens is 2. The molecule has 0 saturated carbocycles. The van der Waals surface area contributed by atoms with E-state index < -0.39 is 35.4 Å². The number of alkyl halides is 3. The van der Waals surface area contributed by atoms with Gasteiger partial charge in [0.25, 0.3) is 0 Å². The van der Waals surface area contributed by atoms with Gasteiger partial charge in [0.1, 0.15) is 17.2 Å². The molecule has 6 nitrogen and oxygen atoms in total. The Labute approximate surface area is 204 Å². The summed E-state index contributed by atoms with van der Waals surface area (Å²) in [5, 5.41) is 3.02. The first kappa shape index (κ1) is 22.6. The first-order valence-electron chi connectivity index (χ1n) is 10.8. The van der Waals surface area contributed by atoms with E-state index in [1.165, 1.54) is 23.1 Å². The highest BCUT2D eigenvalue weighted by atomic mass is 35.5. The van der Waals surface area contributed by atoms with Crippen molar-refractivity contribution in [2.45, 2.75) is 18.6 Å². The van der Waals surface area contributed by atoms with Crippen molar-refractivity contribution in [3.05, 3.63) is 75.3 Å². The van der Waals surface area contributed by atoms with Crippen LogP contribution in [0.4, 0.5) is 38.1 Å². The summed E-state index contributed by atoms with van der Waals surface area (Å²) in [6, 6.07) is 5.08. The van der Waals surface area contributed by atoms with Crippen LogP contribution in [0.5, 0.6) is 0 Å². The van der Waals surface area contributed by atoms with Crippen LogP contribution >= 0.6 is 11.6 Å². The number of rotatable bonds is 2. The van der Waals surface area contributed by atoms with Crippen LogP contribution < -0.4 is 16.0 Å². The van der Waals surface area contributed by atoms with Crippen molar-refractivity contribution in [3.8, 4) is 11.4 Å². The van der Waals surface area contributed by atoms with Crippen LogP contribution in [0.25, 0.3) is 22.4 Å². The number of amides is 2. The minimum absolute atomic E-state index is 0.0354. The summed E-state index contributed by atoms with van der Waals surface area (Å²) in [5.41, 5.74) is 7.26. The number of nitrogens with zero attached hydrogens (tertiary/aromatic N) is 2. The van der Waals surface area contributed by atoms with Gasteiger partial charge in [-0.25, -0.2) is 18.6 Å². The average molecular weight is 520 g/mol. The van der Waals surface area contributed by atoms with E-state index in [-0.39, 0.29) is 27.4 Å². The fourth-order valence-corrected chi connectivity index (χ4v) is 5.18. The monoisotopic (exact) mass is 519 g/mol. The molecule has 0 fully saturated rings. The first-order chi connectivity index (χ1) is 17.0. The Kier molecular flexibility index (Phi) is 4.75. The Balaban J connectivity index is 1.63. The number of benzene rings is 3. The Morgan fingerprint density at radius 3 is 2.67 bits per heavy atom. The Morgan fingerprint density at radius 2 is 1.92 bits per heavy atom. The highest BCUT2D eigenvalue weighted by Crippen LogP contribution is 2.49. The SMILES string of the molecule is Nc1cc(-c2nc3c(F)cc(C(F)(F)F)cc3[nH]2)c2c3c1CCN3C(=O)NC2c1cc(F)ccc1Cl. The number of fused-ring (bicyclic) bond motifs is 1. The molecule has 1 atom stereocenters. The van der Waals surface area contributed by atoms with Gasteiger partial charge in [-0.15, -0.1) is 0 Å². The Morgan fingerprint density at radius 1 is 1.14 bits per heavy atom. The highest BCUT2D eigenvalue weighted by molar-refractivity contribution is 6.31. The molecule has 2 aliphatic heterocycles. The Bertz CT molecular complexity index is 1600. The zero-order valence-electron chi connectivity index (χ0n) is 18.1. The number of urea groups is 1. The largest absolute Gasteiger partial charge is 0.416 e. The maximum atomic E-state index is 14.6. The van der Waals surface area contributed by atoms with Crippen LogP contribution in [0.1, 0.15) is 28.3 Å². The lowest BCUT2D eigenvalue weighted by Crippen LogP contribution is -2.46. The smallest absolute Gasteiger partial charge is 0.398 e. The number of nitrogens with one attached hydrogen (secondary N) is 2. The first-order valence-corrected chi connectivity index (χ1v) is 11.2. The molecule has 36 heavy (non-hydrogen) atoms. The summed E-state index contributed by atoms with van der Waals surface area (Å²) in [5.74, 6) is -1.69. The summed E-state index contributed by atoms with van der Waals surface area (Å²) < 4.78 is 68.5. The van der Waals surface area contributed by atoms with Crippen LogP contribution in [0.2, 0.25) is 5.02 Å². The van der Waals surface area contributed by atoms with Gasteiger partial charge >= 0.3 is 12.2 Å². The zero-order valence-corrected chi connectivity index (χ0v) is 18.9. The maximum Gasteiger partial charge on any atom is 0.416 e. The molecule has 6 rings (SSSR count). The second kappa shape index (κ2) is 7.57. The van der Waals surface area contributed by atoms with Gasteiger partial charge < -0.3 is 16.0 Å². The third kappa shape index (κ3) is 3.29. The van der Waals surface area contributed by atoms with Crippen molar-refractivity contribution in [1.29, 1.82) is 0 Å². The van der Waals surface area contributed by atoms with E-state index in [4.69, 9.17) is 17.3 Å². The zero-order chi connectivity index (χ0) is 25.5. The molecule has 12 heteroatoms. The third-order valence-electron chi connectivity index (χ3n) is 6.53. The molecular weight excluding hydrogens is 505 g/mol. The molecular formula is C24H15ClF5N5O. The van der Waals surface area contributed by atoms with Crippen molar-refractivity contribution in [2.24, 2.45) is 0 Å². The van der Waals surface area contributed by atoms with Crippen LogP contribution in [0.3, 0.4) is 0 Å². The van der Waals surface area contributed by atoms with Gasteiger partial charge in [-0.05, 0) is 42.8 Å². The molecule has 3 heterocycles. The van der Waals surface area contributed by atoms with Gasteiger partial charge in [-0.3, -0.25) is 4.90 Å². The van der Waals surface area contributed by atoms with E-state index in [9.17, 15) is 26.7 Å². The van der Waals surface area contributed by atoms with Gasteiger partial charge in [0.05, 0.1) is 22.8 Å². The molecule has 0 radical (unpaired) electrons. The second-order valence-corrected chi connectivity index (χ2v) is 9.05. The maximum absolute atomic E-state index is 14.6. The molecule has 184 valence electrons. The summed E-state index contributed by atoms with van der Waals surface area (Å²) in [6.07, 6.45) is -4.29. The minimum atomic E-state index is -4.76. The molecule has 1 aromatic heterocycles. The highest BCUT2D eigenvalue weighted by Gasteiger charge is 2.41. The Hall–Kier alpha value is -3.86. The van der Waals surface area contributed by atoms with E-state index in [2.05, 4.69) is 15.3 Å². The molecule has 0 spiro atoms. The summed E-state index contributed by atoms with van der Waals surface area (Å²) in [6.45, 7) is 0.342. The molecule has 2 aliphatic rings. The summed E-state index contributed by atoms with van der Waals surface area (Å²) in [7, 11) is 0. The molecule has 2 amide bonds. The second-order valence-electron chi connectivity index (χ2n) is 8.64. The fourth-order valence-electron chi connectivity index (χ4n) is 4.95. The quantitative estimate of drug-likeness (QED) is 0.226. The number of carbonyl (C=O) groups excluding carboxylic acids is 1. The van der Waals surface area contributed by atoms with Crippen LogP contribution in [-0.2, 0) is 12.6 Å². The number of H-pyrrole nitrogens is 1. The van der Waals surface area contributed by atoms with Crippen molar-refractivity contribution < 1.29 is 26.7 Å². The molecule has 4 aromatic rings. The van der Waals surface area contributed by atoms with E-state index >= 15 is 0 Å². The molecule has 0 saturated heterocycles. The number of nitrogens with two attached hydrogens (primary N) is 1. The van der Waals surface area contributed by atoms with E-state index in [1.54, 1.807) is 6.07 Å². The van der Waals surface area contributed by atoms with Gasteiger partial charge in [-0.1, -0.05) is 11.6 Å². The number of hydrogen-bond acceptors (Lipinski definition) is 3. The number of anilines is 2. The number of carbonyl (C=O) groups is 1. The minimum Gasteiger partial charge on any atom is -0.398 e. The number of halogens is 6. The van der Waals surface area contributed by atoms with Crippen molar-refractivity contribution >= 4 is 40.0 Å². The van der Waals surface area contributed by atoms with Crippen molar-refractivity contribution in [2.75, 3.05) is 17.2 Å². The third-order valence-corrected chi connectivity index (χ3v) is 6.87.